The Kier molecular flexibility index (Phi) is 3.88. The minimum atomic E-state index is -0.0796. The lowest BCUT2D eigenvalue weighted by atomic mass is 9.95. The number of benzene rings is 1. The molecule has 3 rings (SSSR count). The number of carbonyl (C=O) groups is 2. The fourth-order valence-corrected chi connectivity index (χ4v) is 3.07. The van der Waals surface area contributed by atoms with Crippen molar-refractivity contribution in [1.82, 2.24) is 10.2 Å². The van der Waals surface area contributed by atoms with Crippen molar-refractivity contribution in [2.45, 2.75) is 19.8 Å². The van der Waals surface area contributed by atoms with Crippen LogP contribution < -0.4 is 5.32 Å². The molecule has 0 saturated carbocycles. The maximum atomic E-state index is 12.7. The maximum Gasteiger partial charge on any atom is 0.289 e. The molecule has 2 heterocycles. The lowest BCUT2D eigenvalue weighted by Gasteiger charge is -2.30. The van der Waals surface area contributed by atoms with Gasteiger partial charge < -0.3 is 14.6 Å². The van der Waals surface area contributed by atoms with E-state index in [1.165, 1.54) is 0 Å². The molecule has 2 aromatic rings. The summed E-state index contributed by atoms with van der Waals surface area (Å²) in [5, 5.41) is 3.65. The van der Waals surface area contributed by atoms with Crippen molar-refractivity contribution >= 4 is 22.8 Å². The quantitative estimate of drug-likeness (QED) is 0.926. The van der Waals surface area contributed by atoms with Gasteiger partial charge in [-0.25, -0.2) is 0 Å². The average molecular weight is 300 g/mol. The molecule has 1 aromatic carbocycles. The maximum absolute atomic E-state index is 12.7. The number of likely N-dealkylation sites (tertiary alicyclic amines) is 1. The number of fused-ring (bicyclic) bond motifs is 1. The SMILES string of the molecule is CNC(=O)C1CCN(C(=O)c2oc3ccccc3c2C)CC1. The molecule has 22 heavy (non-hydrogen) atoms. The van der Waals surface area contributed by atoms with Crippen LogP contribution in [0.25, 0.3) is 11.0 Å². The largest absolute Gasteiger partial charge is 0.451 e. The molecule has 1 aliphatic heterocycles. The monoisotopic (exact) mass is 300 g/mol. The Morgan fingerprint density at radius 3 is 2.55 bits per heavy atom. The van der Waals surface area contributed by atoms with Crippen molar-refractivity contribution < 1.29 is 14.0 Å². The second kappa shape index (κ2) is 5.83. The molecule has 1 aliphatic rings. The van der Waals surface area contributed by atoms with Gasteiger partial charge >= 0.3 is 0 Å². The third-order valence-electron chi connectivity index (χ3n) is 4.44. The van der Waals surface area contributed by atoms with E-state index in [0.29, 0.717) is 31.7 Å². The molecule has 0 radical (unpaired) electrons. The Hall–Kier alpha value is -2.30. The van der Waals surface area contributed by atoms with Gasteiger partial charge in [-0.05, 0) is 25.8 Å². The molecule has 1 N–H and O–H groups in total. The summed E-state index contributed by atoms with van der Waals surface area (Å²) in [5.41, 5.74) is 1.62. The molecular weight excluding hydrogens is 280 g/mol. The van der Waals surface area contributed by atoms with Gasteiger partial charge in [-0.2, -0.15) is 0 Å². The van der Waals surface area contributed by atoms with Gasteiger partial charge in [0.15, 0.2) is 5.76 Å². The van der Waals surface area contributed by atoms with Crippen LogP contribution in [0.15, 0.2) is 28.7 Å². The average Bonchev–Trinajstić information content (AvgIpc) is 2.91. The van der Waals surface area contributed by atoms with Crippen molar-refractivity contribution in [2.75, 3.05) is 20.1 Å². The summed E-state index contributed by atoms with van der Waals surface area (Å²) in [6.45, 7) is 3.09. The summed E-state index contributed by atoms with van der Waals surface area (Å²) in [6, 6.07) is 7.67. The number of aryl methyl sites for hydroxylation is 1. The van der Waals surface area contributed by atoms with Crippen LogP contribution >= 0.6 is 0 Å². The second-order valence-electron chi connectivity index (χ2n) is 5.73. The fourth-order valence-electron chi connectivity index (χ4n) is 3.07. The highest BCUT2D eigenvalue weighted by atomic mass is 16.3. The zero-order valence-corrected chi connectivity index (χ0v) is 12.9. The molecule has 0 spiro atoms. The number of rotatable bonds is 2. The first-order chi connectivity index (χ1) is 10.6. The highest BCUT2D eigenvalue weighted by Gasteiger charge is 2.29. The number of nitrogens with one attached hydrogen (secondary N) is 1. The van der Waals surface area contributed by atoms with Crippen LogP contribution in [-0.4, -0.2) is 36.9 Å². The summed E-state index contributed by atoms with van der Waals surface area (Å²) in [4.78, 5) is 26.1. The highest BCUT2D eigenvalue weighted by molar-refractivity contribution is 5.99. The van der Waals surface area contributed by atoms with Crippen molar-refractivity contribution in [2.24, 2.45) is 5.92 Å². The number of amides is 2. The van der Waals surface area contributed by atoms with Gasteiger partial charge in [-0.15, -0.1) is 0 Å². The Labute approximate surface area is 129 Å². The Balaban J connectivity index is 1.77. The Bertz CT molecular complexity index is 712. The minimum absolute atomic E-state index is 0.00539. The van der Waals surface area contributed by atoms with E-state index in [1.54, 1.807) is 11.9 Å². The summed E-state index contributed by atoms with van der Waals surface area (Å²) in [5.74, 6) is 0.404. The summed E-state index contributed by atoms with van der Waals surface area (Å²) in [6.07, 6.45) is 1.40. The molecular formula is C17H20N2O3. The summed E-state index contributed by atoms with van der Waals surface area (Å²) >= 11 is 0. The molecule has 1 saturated heterocycles. The van der Waals surface area contributed by atoms with Crippen LogP contribution in [0.2, 0.25) is 0 Å². The number of nitrogens with zero attached hydrogens (tertiary/aromatic N) is 1. The van der Waals surface area contributed by atoms with E-state index in [0.717, 1.165) is 16.5 Å². The topological polar surface area (TPSA) is 62.6 Å². The molecule has 0 unspecified atom stereocenters. The van der Waals surface area contributed by atoms with Crippen molar-refractivity contribution in [1.29, 1.82) is 0 Å². The van der Waals surface area contributed by atoms with E-state index in [2.05, 4.69) is 5.32 Å². The van der Waals surface area contributed by atoms with Gasteiger partial charge in [-0.1, -0.05) is 18.2 Å². The van der Waals surface area contributed by atoms with Crippen LogP contribution in [0, 0.1) is 12.8 Å². The molecule has 0 atom stereocenters. The van der Waals surface area contributed by atoms with Crippen LogP contribution in [0.1, 0.15) is 29.0 Å². The predicted molar refractivity (Wildman–Crippen MR) is 83.6 cm³/mol. The van der Waals surface area contributed by atoms with Gasteiger partial charge in [0.05, 0.1) is 0 Å². The Morgan fingerprint density at radius 2 is 1.91 bits per heavy atom. The normalized spacial score (nSPS) is 16.0. The molecule has 0 aliphatic carbocycles. The van der Waals surface area contributed by atoms with Crippen LogP contribution in [-0.2, 0) is 4.79 Å². The zero-order chi connectivity index (χ0) is 15.7. The highest BCUT2D eigenvalue weighted by Crippen LogP contribution is 2.27. The third-order valence-corrected chi connectivity index (χ3v) is 4.44. The minimum Gasteiger partial charge on any atom is -0.451 e. The summed E-state index contributed by atoms with van der Waals surface area (Å²) < 4.78 is 5.74. The van der Waals surface area contributed by atoms with E-state index >= 15 is 0 Å². The Morgan fingerprint density at radius 1 is 1.23 bits per heavy atom. The van der Waals surface area contributed by atoms with Gasteiger partial charge in [0.2, 0.25) is 5.91 Å². The van der Waals surface area contributed by atoms with Crippen molar-refractivity contribution in [3.63, 3.8) is 0 Å². The standard InChI is InChI=1S/C17H20N2O3/c1-11-13-5-3-4-6-14(13)22-15(11)17(21)19-9-7-12(8-10-19)16(20)18-2/h3-6,12H,7-10H2,1-2H3,(H,18,20). The van der Waals surface area contributed by atoms with Gasteiger partial charge in [0.25, 0.3) is 5.91 Å². The number of hydrogen-bond acceptors (Lipinski definition) is 3. The molecule has 5 nitrogen and oxygen atoms in total. The first-order valence-corrected chi connectivity index (χ1v) is 7.61. The van der Waals surface area contributed by atoms with Gasteiger partial charge in [0, 0.05) is 37.0 Å². The molecule has 0 bridgehead atoms. The molecule has 1 fully saturated rings. The first-order valence-electron chi connectivity index (χ1n) is 7.61. The van der Waals surface area contributed by atoms with E-state index in [-0.39, 0.29) is 17.7 Å². The second-order valence-corrected chi connectivity index (χ2v) is 5.73. The van der Waals surface area contributed by atoms with Crippen molar-refractivity contribution in [3.05, 3.63) is 35.6 Å². The van der Waals surface area contributed by atoms with E-state index in [9.17, 15) is 9.59 Å². The molecule has 2 amide bonds. The number of piperidine rings is 1. The van der Waals surface area contributed by atoms with Gasteiger partial charge in [-0.3, -0.25) is 9.59 Å². The molecule has 116 valence electrons. The smallest absolute Gasteiger partial charge is 0.289 e. The zero-order valence-electron chi connectivity index (χ0n) is 12.9. The number of furan rings is 1. The van der Waals surface area contributed by atoms with Gasteiger partial charge in [0.1, 0.15) is 5.58 Å². The summed E-state index contributed by atoms with van der Waals surface area (Å²) in [7, 11) is 1.65. The van der Waals surface area contributed by atoms with E-state index in [1.807, 2.05) is 31.2 Å². The van der Waals surface area contributed by atoms with Crippen LogP contribution in [0.3, 0.4) is 0 Å². The van der Waals surface area contributed by atoms with Crippen LogP contribution in [0.5, 0.6) is 0 Å². The number of hydrogen-bond donors (Lipinski definition) is 1. The van der Waals surface area contributed by atoms with Crippen molar-refractivity contribution in [3.8, 4) is 0 Å². The fraction of sp³-hybridized carbons (Fsp3) is 0.412. The molecule has 1 aromatic heterocycles. The van der Waals surface area contributed by atoms with E-state index < -0.39 is 0 Å². The van der Waals surface area contributed by atoms with E-state index in [4.69, 9.17) is 4.42 Å². The van der Waals surface area contributed by atoms with Crippen LogP contribution in [0.4, 0.5) is 0 Å². The first kappa shape index (κ1) is 14.6. The molecule has 5 heteroatoms. The predicted octanol–water partition coefficient (Wildman–Crippen LogP) is 2.34. The lowest BCUT2D eigenvalue weighted by molar-refractivity contribution is -0.125. The third kappa shape index (κ3) is 2.47. The number of para-hydroxylation sites is 1. The number of carbonyl (C=O) groups excluding carboxylic acids is 2. The lowest BCUT2D eigenvalue weighted by Crippen LogP contribution is -2.42.